The second kappa shape index (κ2) is 10.5. The maximum Gasteiger partial charge on any atom is 0.263 e. The molecule has 1 aliphatic carbocycles. The molecule has 11 heteroatoms. The largest absolute Gasteiger partial charge is 0.480 e. The summed E-state index contributed by atoms with van der Waals surface area (Å²) in [6.45, 7) is 0.918. The van der Waals surface area contributed by atoms with Crippen LogP contribution in [0.5, 0.6) is 11.6 Å². The number of likely N-dealkylation sites (N-methyl/N-ethyl adjacent to an activating group) is 1. The molecule has 1 saturated carbocycles. The second-order valence-corrected chi connectivity index (χ2v) is 10.8. The average Bonchev–Trinajstić information content (AvgIpc) is 2.99. The first-order valence-corrected chi connectivity index (χ1v) is 13.7. The summed E-state index contributed by atoms with van der Waals surface area (Å²) in [6, 6.07) is 9.36. The molecule has 4 aliphatic rings. The van der Waals surface area contributed by atoms with E-state index in [-0.39, 0.29) is 29.5 Å². The van der Waals surface area contributed by atoms with Crippen molar-refractivity contribution in [1.82, 2.24) is 15.0 Å². The predicted molar refractivity (Wildman–Crippen MR) is 145 cm³/mol. The number of nitrogens with zero attached hydrogens (tertiary/aromatic N) is 5. The van der Waals surface area contributed by atoms with Crippen LogP contribution < -0.4 is 19.7 Å². The van der Waals surface area contributed by atoms with E-state index in [1.807, 2.05) is 19.2 Å². The number of nitriles is 1. The molecule has 0 spiro atoms. The lowest BCUT2D eigenvalue weighted by Gasteiger charge is -2.56. The topological polar surface area (TPSA) is 122 Å². The molecule has 6 heterocycles. The van der Waals surface area contributed by atoms with E-state index in [1.165, 1.54) is 6.20 Å². The number of nitrogens with one attached hydrogen (secondary N) is 1. The summed E-state index contributed by atoms with van der Waals surface area (Å²) in [7, 11) is 2.02. The van der Waals surface area contributed by atoms with E-state index < -0.39 is 0 Å². The van der Waals surface area contributed by atoms with Gasteiger partial charge < -0.3 is 24.4 Å². The van der Waals surface area contributed by atoms with E-state index >= 15 is 4.39 Å². The number of anilines is 2. The summed E-state index contributed by atoms with van der Waals surface area (Å²) in [5, 5.41) is 11.5. The third-order valence-corrected chi connectivity index (χ3v) is 8.51. The fourth-order valence-corrected chi connectivity index (χ4v) is 5.96. The van der Waals surface area contributed by atoms with E-state index in [0.717, 1.165) is 31.5 Å². The molecular formula is C29H31FN6O4. The zero-order valence-corrected chi connectivity index (χ0v) is 22.4. The normalized spacial score (nSPS) is 23.2. The van der Waals surface area contributed by atoms with Crippen LogP contribution >= 0.6 is 0 Å². The molecule has 0 radical (unpaired) electrons. The van der Waals surface area contributed by atoms with Gasteiger partial charge in [-0.15, -0.1) is 0 Å². The van der Waals surface area contributed by atoms with Crippen molar-refractivity contribution < 1.29 is 23.4 Å². The summed E-state index contributed by atoms with van der Waals surface area (Å²) in [4.78, 5) is 27.3. The highest BCUT2D eigenvalue weighted by Crippen LogP contribution is 2.49. The van der Waals surface area contributed by atoms with Crippen molar-refractivity contribution in [2.75, 3.05) is 37.1 Å². The molecule has 0 aromatic carbocycles. The van der Waals surface area contributed by atoms with Crippen LogP contribution in [0.4, 0.5) is 16.0 Å². The number of ether oxygens (including phenoxy) is 3. The molecule has 208 valence electrons. The second-order valence-electron chi connectivity index (χ2n) is 10.8. The number of aryl methyl sites for hydroxylation is 1. The third kappa shape index (κ3) is 4.88. The summed E-state index contributed by atoms with van der Waals surface area (Å²) in [6.07, 6.45) is 6.98. The maximum atomic E-state index is 15.0. The van der Waals surface area contributed by atoms with Gasteiger partial charge in [0.2, 0.25) is 5.88 Å². The first-order chi connectivity index (χ1) is 19.4. The van der Waals surface area contributed by atoms with Crippen molar-refractivity contribution >= 4 is 28.6 Å². The Hall–Kier alpha value is -4.04. The molecule has 7 rings (SSSR count). The van der Waals surface area contributed by atoms with Gasteiger partial charge in [-0.05, 0) is 63.1 Å². The van der Waals surface area contributed by atoms with Gasteiger partial charge >= 0.3 is 0 Å². The summed E-state index contributed by atoms with van der Waals surface area (Å²) >= 11 is 0. The van der Waals surface area contributed by atoms with Gasteiger partial charge in [-0.2, -0.15) is 5.26 Å². The Balaban J connectivity index is 1.14. The lowest BCUT2D eigenvalue weighted by atomic mass is 9.68. The maximum absolute atomic E-state index is 15.0. The Morgan fingerprint density at radius 2 is 2.05 bits per heavy atom. The molecule has 0 unspecified atom stereocenters. The quantitative estimate of drug-likeness (QED) is 0.391. The number of carbonyl (C=O) groups is 1. The van der Waals surface area contributed by atoms with E-state index in [2.05, 4.69) is 31.2 Å². The van der Waals surface area contributed by atoms with Crippen molar-refractivity contribution in [1.29, 1.82) is 5.26 Å². The Bertz CT molecular complexity index is 1470. The van der Waals surface area contributed by atoms with Crippen molar-refractivity contribution in [3.63, 3.8) is 0 Å². The Labute approximate surface area is 231 Å². The van der Waals surface area contributed by atoms with Crippen molar-refractivity contribution in [2.24, 2.45) is 0 Å². The first-order valence-electron chi connectivity index (χ1n) is 13.7. The molecule has 0 atom stereocenters. The fraction of sp³-hybridized carbons (Fsp3) is 0.483. The van der Waals surface area contributed by atoms with Gasteiger partial charge in [0.1, 0.15) is 11.6 Å². The molecule has 3 aromatic heterocycles. The number of rotatable bonds is 9. The highest BCUT2D eigenvalue weighted by molar-refractivity contribution is 5.94. The number of carbonyl (C=O) groups excluding carboxylic acids is 1. The Kier molecular flexibility index (Phi) is 6.88. The van der Waals surface area contributed by atoms with Gasteiger partial charge in [0, 0.05) is 25.1 Å². The van der Waals surface area contributed by atoms with Gasteiger partial charge in [-0.25, -0.2) is 14.4 Å². The van der Waals surface area contributed by atoms with E-state index in [1.54, 1.807) is 12.1 Å². The third-order valence-electron chi connectivity index (χ3n) is 8.51. The monoisotopic (exact) mass is 546 g/mol. The molecule has 10 nitrogen and oxygen atoms in total. The predicted octanol–water partition coefficient (Wildman–Crippen LogP) is 4.33. The van der Waals surface area contributed by atoms with Crippen molar-refractivity contribution in [2.45, 2.75) is 62.5 Å². The molecule has 40 heavy (non-hydrogen) atoms. The number of halogens is 1. The average molecular weight is 547 g/mol. The van der Waals surface area contributed by atoms with Crippen molar-refractivity contribution in [3.05, 3.63) is 41.8 Å². The van der Waals surface area contributed by atoms with Crippen LogP contribution in [-0.2, 0) is 16.0 Å². The SMILES string of the molecule is CN(c1ccc2c(n1)NC(=O)CO2)C12CCC(CCc3c(F)cnc4ccc(OCCCC#N)nc34)(CC1)OC2. The minimum absolute atomic E-state index is 0.00272. The molecule has 3 aromatic rings. The summed E-state index contributed by atoms with van der Waals surface area (Å²) in [5.41, 5.74) is 1.13. The van der Waals surface area contributed by atoms with Gasteiger partial charge in [0.25, 0.3) is 5.91 Å². The summed E-state index contributed by atoms with van der Waals surface area (Å²) in [5.74, 6) is 1.57. The standard InChI is InChI=1S/C29H31FN6O4/c1-36(23-6-5-22-27(33-23)34-24(37)17-39-22)28-10-12-29(13-11-28,40-18-28)9-8-19-20(30)16-32-21-4-7-25(35-26(19)21)38-15-3-2-14-31/h4-7,16H,2-3,8-13,15,17-18H2,1H3,(H,33,34,37). The summed E-state index contributed by atoms with van der Waals surface area (Å²) < 4.78 is 32.7. The van der Waals surface area contributed by atoms with Gasteiger partial charge in [-0.1, -0.05) is 0 Å². The van der Waals surface area contributed by atoms with Crippen LogP contribution in [0.2, 0.25) is 0 Å². The smallest absolute Gasteiger partial charge is 0.263 e. The minimum Gasteiger partial charge on any atom is -0.480 e. The first kappa shape index (κ1) is 26.2. The number of amides is 1. The Morgan fingerprint density at radius 1 is 1.20 bits per heavy atom. The van der Waals surface area contributed by atoms with Gasteiger partial charge in [0.15, 0.2) is 18.2 Å². The van der Waals surface area contributed by atoms with Crippen LogP contribution in [-0.4, -0.2) is 58.9 Å². The van der Waals surface area contributed by atoms with Crippen LogP contribution in [0, 0.1) is 17.1 Å². The van der Waals surface area contributed by atoms with Crippen LogP contribution in [0.3, 0.4) is 0 Å². The molecule has 3 aliphatic heterocycles. The lowest BCUT2D eigenvalue weighted by molar-refractivity contribution is -0.156. The number of fused-ring (bicyclic) bond motifs is 5. The molecule has 2 saturated heterocycles. The number of pyridine rings is 3. The fourth-order valence-electron chi connectivity index (χ4n) is 5.96. The van der Waals surface area contributed by atoms with Gasteiger partial charge in [0.05, 0.1) is 47.7 Å². The molecule has 1 N–H and O–H groups in total. The van der Waals surface area contributed by atoms with Crippen molar-refractivity contribution in [3.8, 4) is 17.7 Å². The molecular weight excluding hydrogens is 515 g/mol. The van der Waals surface area contributed by atoms with Crippen LogP contribution in [0.1, 0.15) is 50.5 Å². The highest BCUT2D eigenvalue weighted by atomic mass is 19.1. The van der Waals surface area contributed by atoms with E-state index in [0.29, 0.717) is 72.9 Å². The molecule has 2 bridgehead atoms. The highest BCUT2D eigenvalue weighted by Gasteiger charge is 2.52. The van der Waals surface area contributed by atoms with Crippen LogP contribution in [0.25, 0.3) is 11.0 Å². The number of aromatic nitrogens is 3. The number of hydrogen-bond donors (Lipinski definition) is 1. The minimum atomic E-state index is -0.381. The number of unbranched alkanes of at least 4 members (excludes halogenated alkanes) is 1. The van der Waals surface area contributed by atoms with E-state index in [9.17, 15) is 4.79 Å². The zero-order valence-electron chi connectivity index (χ0n) is 22.4. The lowest BCUT2D eigenvalue weighted by Crippen LogP contribution is -2.62. The van der Waals surface area contributed by atoms with Crippen LogP contribution in [0.15, 0.2) is 30.5 Å². The van der Waals surface area contributed by atoms with Gasteiger partial charge in [-0.3, -0.25) is 9.78 Å². The zero-order chi connectivity index (χ0) is 27.7. The Morgan fingerprint density at radius 3 is 2.83 bits per heavy atom. The number of hydrogen-bond acceptors (Lipinski definition) is 9. The molecule has 1 amide bonds. The molecule has 3 fully saturated rings. The van der Waals surface area contributed by atoms with E-state index in [4.69, 9.17) is 19.5 Å².